The first kappa shape index (κ1) is 9.95. The maximum absolute atomic E-state index is 4.87. The maximum atomic E-state index is 4.87. The SMILES string of the molecule is CN1C2=NC3C=CC=CC3(C)N2c2ccccc21. The largest absolute Gasteiger partial charge is 0.313 e. The van der Waals surface area contributed by atoms with Gasteiger partial charge >= 0.3 is 0 Å². The Hall–Kier alpha value is -2.03. The van der Waals surface area contributed by atoms with Gasteiger partial charge in [0.2, 0.25) is 5.96 Å². The monoisotopic (exact) mass is 237 g/mol. The highest BCUT2D eigenvalue weighted by Gasteiger charge is 2.50. The van der Waals surface area contributed by atoms with Crippen molar-refractivity contribution in [3.8, 4) is 0 Å². The molecule has 3 heteroatoms. The summed E-state index contributed by atoms with van der Waals surface area (Å²) in [7, 11) is 2.09. The molecule has 3 nitrogen and oxygen atoms in total. The summed E-state index contributed by atoms with van der Waals surface area (Å²) in [5.74, 6) is 1.06. The van der Waals surface area contributed by atoms with Crippen molar-refractivity contribution in [2.24, 2.45) is 4.99 Å². The summed E-state index contributed by atoms with van der Waals surface area (Å²) in [6.45, 7) is 2.25. The van der Waals surface area contributed by atoms with Gasteiger partial charge in [0.05, 0.1) is 23.0 Å². The number of hydrogen-bond donors (Lipinski definition) is 0. The Labute approximate surface area is 107 Å². The molecule has 0 spiro atoms. The van der Waals surface area contributed by atoms with Crippen molar-refractivity contribution in [2.45, 2.75) is 18.5 Å². The average Bonchev–Trinajstić information content (AvgIpc) is 2.84. The summed E-state index contributed by atoms with van der Waals surface area (Å²) in [5.41, 5.74) is 2.42. The minimum absolute atomic E-state index is 0.0645. The Morgan fingerprint density at radius 3 is 2.78 bits per heavy atom. The van der Waals surface area contributed by atoms with Crippen molar-refractivity contribution in [3.63, 3.8) is 0 Å². The molecule has 0 fully saturated rings. The van der Waals surface area contributed by atoms with Gasteiger partial charge in [0, 0.05) is 7.05 Å². The highest BCUT2D eigenvalue weighted by molar-refractivity contribution is 6.18. The molecule has 2 atom stereocenters. The molecule has 2 aliphatic heterocycles. The van der Waals surface area contributed by atoms with Gasteiger partial charge in [-0.25, -0.2) is 4.99 Å². The van der Waals surface area contributed by atoms with Gasteiger partial charge in [0.15, 0.2) is 0 Å². The van der Waals surface area contributed by atoms with E-state index < -0.39 is 0 Å². The van der Waals surface area contributed by atoms with E-state index in [1.54, 1.807) is 0 Å². The van der Waals surface area contributed by atoms with Crippen LogP contribution in [-0.4, -0.2) is 24.6 Å². The quantitative estimate of drug-likeness (QED) is 0.690. The minimum atomic E-state index is -0.0645. The van der Waals surface area contributed by atoms with Crippen LogP contribution < -0.4 is 9.80 Å². The molecule has 1 aromatic carbocycles. The fourth-order valence-corrected chi connectivity index (χ4v) is 3.14. The molecule has 2 heterocycles. The number of guanidine groups is 1. The Kier molecular flexibility index (Phi) is 1.68. The Bertz CT molecular complexity index is 614. The van der Waals surface area contributed by atoms with Gasteiger partial charge in [-0.15, -0.1) is 0 Å². The molecule has 2 unspecified atom stereocenters. The van der Waals surface area contributed by atoms with Crippen molar-refractivity contribution in [3.05, 3.63) is 48.6 Å². The second-order valence-corrected chi connectivity index (χ2v) is 5.23. The first-order valence-electron chi connectivity index (χ1n) is 6.29. The summed E-state index contributed by atoms with van der Waals surface area (Å²) in [6.07, 6.45) is 8.65. The molecule has 0 aromatic heterocycles. The number of hydrogen-bond acceptors (Lipinski definition) is 3. The molecule has 0 bridgehead atoms. The Balaban J connectivity index is 1.95. The zero-order valence-corrected chi connectivity index (χ0v) is 10.5. The van der Waals surface area contributed by atoms with E-state index in [-0.39, 0.29) is 11.6 Å². The molecular weight excluding hydrogens is 222 g/mol. The predicted octanol–water partition coefficient (Wildman–Crippen LogP) is 2.57. The van der Waals surface area contributed by atoms with Gasteiger partial charge in [-0.05, 0) is 19.1 Å². The third kappa shape index (κ3) is 0.980. The van der Waals surface area contributed by atoms with Crippen molar-refractivity contribution >= 4 is 17.3 Å². The molecule has 18 heavy (non-hydrogen) atoms. The van der Waals surface area contributed by atoms with E-state index in [9.17, 15) is 0 Å². The molecule has 0 saturated heterocycles. The lowest BCUT2D eigenvalue weighted by Gasteiger charge is -2.35. The van der Waals surface area contributed by atoms with Gasteiger partial charge in [0.1, 0.15) is 0 Å². The van der Waals surface area contributed by atoms with Gasteiger partial charge in [-0.3, -0.25) is 4.90 Å². The second-order valence-electron chi connectivity index (χ2n) is 5.23. The average molecular weight is 237 g/mol. The molecular formula is C15H15N3. The predicted molar refractivity (Wildman–Crippen MR) is 75.2 cm³/mol. The molecule has 4 rings (SSSR count). The normalized spacial score (nSPS) is 31.2. The van der Waals surface area contributed by atoms with Crippen LogP contribution in [0.4, 0.5) is 11.4 Å². The molecule has 90 valence electrons. The van der Waals surface area contributed by atoms with E-state index in [1.807, 2.05) is 0 Å². The molecule has 0 amide bonds. The summed E-state index contributed by atoms with van der Waals surface area (Å²) < 4.78 is 0. The first-order valence-corrected chi connectivity index (χ1v) is 6.29. The zero-order chi connectivity index (χ0) is 12.3. The number of allylic oxidation sites excluding steroid dienone is 2. The summed E-state index contributed by atoms with van der Waals surface area (Å²) in [6, 6.07) is 8.71. The van der Waals surface area contributed by atoms with Crippen molar-refractivity contribution in [1.29, 1.82) is 0 Å². The fourth-order valence-electron chi connectivity index (χ4n) is 3.14. The van der Waals surface area contributed by atoms with Gasteiger partial charge in [0.25, 0.3) is 0 Å². The van der Waals surface area contributed by atoms with E-state index >= 15 is 0 Å². The standard InChI is InChI=1S/C15H15N3/c1-15-10-6-5-9-13(15)16-14-17(2)11-7-3-4-8-12(11)18(14)15/h3-10,13H,1-2H3. The number of fused-ring (bicyclic) bond motifs is 5. The van der Waals surface area contributed by atoms with Crippen LogP contribution in [0.1, 0.15) is 6.92 Å². The van der Waals surface area contributed by atoms with Crippen LogP contribution in [0.5, 0.6) is 0 Å². The topological polar surface area (TPSA) is 18.8 Å². The molecule has 0 N–H and O–H groups in total. The van der Waals surface area contributed by atoms with E-state index in [1.165, 1.54) is 11.4 Å². The number of anilines is 2. The van der Waals surface area contributed by atoms with Crippen LogP contribution >= 0.6 is 0 Å². The van der Waals surface area contributed by atoms with E-state index in [0.29, 0.717) is 0 Å². The van der Waals surface area contributed by atoms with Crippen LogP contribution in [0.2, 0.25) is 0 Å². The van der Waals surface area contributed by atoms with Crippen LogP contribution in [0.15, 0.2) is 53.6 Å². The first-order chi connectivity index (χ1) is 8.72. The summed E-state index contributed by atoms with van der Waals surface area (Å²) >= 11 is 0. The van der Waals surface area contributed by atoms with Crippen LogP contribution in [0.25, 0.3) is 0 Å². The fraction of sp³-hybridized carbons (Fsp3) is 0.267. The van der Waals surface area contributed by atoms with Gasteiger partial charge < -0.3 is 4.90 Å². The van der Waals surface area contributed by atoms with Gasteiger partial charge in [-0.2, -0.15) is 0 Å². The Morgan fingerprint density at radius 2 is 1.94 bits per heavy atom. The Morgan fingerprint density at radius 1 is 1.17 bits per heavy atom. The van der Waals surface area contributed by atoms with E-state index in [0.717, 1.165) is 5.96 Å². The molecule has 3 aliphatic rings. The maximum Gasteiger partial charge on any atom is 0.207 e. The molecule has 1 aliphatic carbocycles. The lowest BCUT2D eigenvalue weighted by atomic mass is 9.88. The number of nitrogens with zero attached hydrogens (tertiary/aromatic N) is 3. The zero-order valence-electron chi connectivity index (χ0n) is 10.5. The van der Waals surface area contributed by atoms with Crippen LogP contribution in [0, 0.1) is 0 Å². The highest BCUT2D eigenvalue weighted by atomic mass is 15.5. The van der Waals surface area contributed by atoms with E-state index in [2.05, 4.69) is 72.3 Å². The summed E-state index contributed by atoms with van der Waals surface area (Å²) in [5, 5.41) is 0. The molecule has 0 saturated carbocycles. The van der Waals surface area contributed by atoms with Crippen molar-refractivity contribution in [1.82, 2.24) is 0 Å². The highest BCUT2D eigenvalue weighted by Crippen LogP contribution is 2.46. The third-order valence-electron chi connectivity index (χ3n) is 4.16. The minimum Gasteiger partial charge on any atom is -0.313 e. The van der Waals surface area contributed by atoms with E-state index in [4.69, 9.17) is 4.99 Å². The third-order valence-corrected chi connectivity index (χ3v) is 4.16. The number of benzene rings is 1. The molecule has 1 aromatic rings. The van der Waals surface area contributed by atoms with Crippen LogP contribution in [0.3, 0.4) is 0 Å². The summed E-state index contributed by atoms with van der Waals surface area (Å²) in [4.78, 5) is 9.41. The number of rotatable bonds is 0. The molecule has 0 radical (unpaired) electrons. The lowest BCUT2D eigenvalue weighted by Crippen LogP contribution is -2.50. The number of para-hydroxylation sites is 2. The smallest absolute Gasteiger partial charge is 0.207 e. The lowest BCUT2D eigenvalue weighted by molar-refractivity contribution is 0.547. The van der Waals surface area contributed by atoms with Crippen LogP contribution in [-0.2, 0) is 0 Å². The van der Waals surface area contributed by atoms with Gasteiger partial charge in [-0.1, -0.05) is 36.4 Å². The number of aliphatic imine (C=N–C) groups is 1. The van der Waals surface area contributed by atoms with Crippen molar-refractivity contribution in [2.75, 3.05) is 16.8 Å². The van der Waals surface area contributed by atoms with Crippen molar-refractivity contribution < 1.29 is 0 Å². The second kappa shape index (κ2) is 3.05.